The van der Waals surface area contributed by atoms with Crippen LogP contribution in [0.25, 0.3) is 0 Å². The topological polar surface area (TPSA) is 54.9 Å². The lowest BCUT2D eigenvalue weighted by atomic mass is 10.1. The summed E-state index contributed by atoms with van der Waals surface area (Å²) in [5.74, 6) is 1.35. The standard InChI is InChI=1S/C16H24F3N3O2.HI/c1-12-5-6-13(14(9-12)23-3)10-22-15(20-2)21-7-4-8-24-11-16(17,18)19;/h5-6,9H,4,7-8,10-11H2,1-3H3,(H2,20,21,22);1H. The summed E-state index contributed by atoms with van der Waals surface area (Å²) in [7, 11) is 3.24. The average Bonchev–Trinajstić information content (AvgIpc) is 2.53. The van der Waals surface area contributed by atoms with Crippen molar-refractivity contribution in [3.05, 3.63) is 29.3 Å². The third-order valence-corrected chi connectivity index (χ3v) is 3.14. The molecule has 0 aliphatic carbocycles. The highest BCUT2D eigenvalue weighted by Gasteiger charge is 2.27. The van der Waals surface area contributed by atoms with Gasteiger partial charge in [-0.1, -0.05) is 12.1 Å². The van der Waals surface area contributed by atoms with Crippen molar-refractivity contribution in [1.82, 2.24) is 10.6 Å². The van der Waals surface area contributed by atoms with Crippen LogP contribution in [0.2, 0.25) is 0 Å². The molecule has 144 valence electrons. The molecule has 0 heterocycles. The quantitative estimate of drug-likeness (QED) is 0.263. The van der Waals surface area contributed by atoms with Crippen molar-refractivity contribution < 1.29 is 22.6 Å². The number of hydrogen-bond acceptors (Lipinski definition) is 3. The van der Waals surface area contributed by atoms with Gasteiger partial charge in [-0.15, -0.1) is 24.0 Å². The Bertz CT molecular complexity index is 540. The summed E-state index contributed by atoms with van der Waals surface area (Å²) in [6.07, 6.45) is -3.83. The number of aryl methyl sites for hydroxylation is 1. The van der Waals surface area contributed by atoms with Crippen LogP contribution in [0.5, 0.6) is 5.75 Å². The molecule has 0 amide bonds. The second-order valence-electron chi connectivity index (χ2n) is 5.19. The van der Waals surface area contributed by atoms with Gasteiger partial charge in [-0.05, 0) is 25.0 Å². The normalized spacial score (nSPS) is 11.7. The van der Waals surface area contributed by atoms with Crippen LogP contribution in [0.1, 0.15) is 17.5 Å². The molecule has 0 spiro atoms. The summed E-state index contributed by atoms with van der Waals surface area (Å²) in [6.45, 7) is 1.79. The van der Waals surface area contributed by atoms with Crippen LogP contribution in [-0.4, -0.2) is 46.1 Å². The maximum Gasteiger partial charge on any atom is 0.411 e. The lowest BCUT2D eigenvalue weighted by Crippen LogP contribution is -2.37. The number of nitrogens with zero attached hydrogens (tertiary/aromatic N) is 1. The Labute approximate surface area is 163 Å². The van der Waals surface area contributed by atoms with Gasteiger partial charge >= 0.3 is 6.18 Å². The molecule has 5 nitrogen and oxygen atoms in total. The Balaban J connectivity index is 0.00000576. The number of rotatable bonds is 8. The maximum atomic E-state index is 11.9. The summed E-state index contributed by atoms with van der Waals surface area (Å²) in [4.78, 5) is 4.07. The molecule has 0 saturated heterocycles. The highest BCUT2D eigenvalue weighted by Crippen LogP contribution is 2.19. The molecule has 0 aliphatic heterocycles. The summed E-state index contributed by atoms with van der Waals surface area (Å²) in [5, 5.41) is 6.16. The molecule has 2 N–H and O–H groups in total. The molecule has 0 radical (unpaired) electrons. The zero-order valence-electron chi connectivity index (χ0n) is 14.6. The highest BCUT2D eigenvalue weighted by molar-refractivity contribution is 14.0. The van der Waals surface area contributed by atoms with E-state index in [-0.39, 0.29) is 30.6 Å². The van der Waals surface area contributed by atoms with E-state index < -0.39 is 12.8 Å². The number of halogens is 4. The molecule has 25 heavy (non-hydrogen) atoms. The van der Waals surface area contributed by atoms with Crippen molar-refractivity contribution in [3.63, 3.8) is 0 Å². The van der Waals surface area contributed by atoms with E-state index in [0.717, 1.165) is 16.9 Å². The first-order chi connectivity index (χ1) is 11.4. The van der Waals surface area contributed by atoms with Gasteiger partial charge in [0.25, 0.3) is 0 Å². The molecular weight excluding hydrogens is 450 g/mol. The Hall–Kier alpha value is -1.23. The van der Waals surface area contributed by atoms with E-state index in [2.05, 4.69) is 20.4 Å². The highest BCUT2D eigenvalue weighted by atomic mass is 127. The van der Waals surface area contributed by atoms with E-state index in [1.54, 1.807) is 14.2 Å². The zero-order chi connectivity index (χ0) is 18.0. The fourth-order valence-electron chi connectivity index (χ4n) is 1.97. The molecule has 1 rings (SSSR count). The molecule has 1 aromatic carbocycles. The third-order valence-electron chi connectivity index (χ3n) is 3.14. The summed E-state index contributed by atoms with van der Waals surface area (Å²) < 4.78 is 45.6. The van der Waals surface area contributed by atoms with E-state index in [4.69, 9.17) is 4.74 Å². The van der Waals surface area contributed by atoms with Gasteiger partial charge in [0.05, 0.1) is 7.11 Å². The number of hydrogen-bond donors (Lipinski definition) is 2. The van der Waals surface area contributed by atoms with Gasteiger partial charge in [-0.2, -0.15) is 13.2 Å². The maximum absolute atomic E-state index is 11.9. The van der Waals surface area contributed by atoms with Crippen molar-refractivity contribution in [3.8, 4) is 5.75 Å². The monoisotopic (exact) mass is 475 g/mol. The van der Waals surface area contributed by atoms with E-state index in [9.17, 15) is 13.2 Å². The number of ether oxygens (including phenoxy) is 2. The first-order valence-electron chi connectivity index (χ1n) is 7.58. The van der Waals surface area contributed by atoms with Crippen LogP contribution in [0.4, 0.5) is 13.2 Å². The average molecular weight is 475 g/mol. The van der Waals surface area contributed by atoms with Crippen LogP contribution in [0, 0.1) is 6.92 Å². The lowest BCUT2D eigenvalue weighted by molar-refractivity contribution is -0.173. The number of methoxy groups -OCH3 is 1. The molecule has 0 fully saturated rings. The van der Waals surface area contributed by atoms with Gasteiger partial charge in [0.2, 0.25) is 0 Å². The van der Waals surface area contributed by atoms with Gasteiger partial charge in [0, 0.05) is 32.3 Å². The number of nitrogens with one attached hydrogen (secondary N) is 2. The first-order valence-corrected chi connectivity index (χ1v) is 7.58. The van der Waals surface area contributed by atoms with Gasteiger partial charge in [-0.3, -0.25) is 4.99 Å². The lowest BCUT2D eigenvalue weighted by Gasteiger charge is -2.14. The minimum atomic E-state index is -4.28. The molecule has 0 atom stereocenters. The van der Waals surface area contributed by atoms with Crippen LogP contribution in [0.3, 0.4) is 0 Å². The van der Waals surface area contributed by atoms with Crippen LogP contribution < -0.4 is 15.4 Å². The Morgan fingerprint density at radius 1 is 1.24 bits per heavy atom. The van der Waals surface area contributed by atoms with Crippen molar-refractivity contribution in [2.45, 2.75) is 26.1 Å². The van der Waals surface area contributed by atoms with Crippen LogP contribution in [-0.2, 0) is 11.3 Å². The summed E-state index contributed by atoms with van der Waals surface area (Å²) in [6, 6.07) is 5.92. The summed E-state index contributed by atoms with van der Waals surface area (Å²) >= 11 is 0. The number of alkyl halides is 3. The Morgan fingerprint density at radius 2 is 1.96 bits per heavy atom. The smallest absolute Gasteiger partial charge is 0.411 e. The van der Waals surface area contributed by atoms with Gasteiger partial charge in [0.15, 0.2) is 5.96 Å². The minimum Gasteiger partial charge on any atom is -0.496 e. The van der Waals surface area contributed by atoms with Gasteiger partial charge in [0.1, 0.15) is 12.4 Å². The molecule has 0 unspecified atom stereocenters. The molecule has 0 aromatic heterocycles. The molecule has 1 aromatic rings. The van der Waals surface area contributed by atoms with E-state index in [1.165, 1.54) is 0 Å². The molecule has 0 aliphatic rings. The molecule has 0 saturated carbocycles. The number of guanidine groups is 1. The second-order valence-corrected chi connectivity index (χ2v) is 5.19. The zero-order valence-corrected chi connectivity index (χ0v) is 16.9. The van der Waals surface area contributed by atoms with Gasteiger partial charge < -0.3 is 20.1 Å². The van der Waals surface area contributed by atoms with E-state index >= 15 is 0 Å². The molecular formula is C16H25F3IN3O2. The Morgan fingerprint density at radius 3 is 2.56 bits per heavy atom. The van der Waals surface area contributed by atoms with Gasteiger partial charge in [-0.25, -0.2) is 0 Å². The molecule has 0 bridgehead atoms. The van der Waals surface area contributed by atoms with Crippen molar-refractivity contribution >= 4 is 29.9 Å². The van der Waals surface area contributed by atoms with Crippen molar-refractivity contribution in [1.29, 1.82) is 0 Å². The number of benzene rings is 1. The summed E-state index contributed by atoms with van der Waals surface area (Å²) in [5.41, 5.74) is 2.09. The molecule has 9 heteroatoms. The van der Waals surface area contributed by atoms with Crippen molar-refractivity contribution in [2.24, 2.45) is 4.99 Å². The van der Waals surface area contributed by atoms with E-state index in [1.807, 2.05) is 25.1 Å². The number of aliphatic imine (C=N–C) groups is 1. The predicted molar refractivity (Wildman–Crippen MR) is 103 cm³/mol. The fourth-order valence-corrected chi connectivity index (χ4v) is 1.97. The SMILES string of the molecule is CN=C(NCCCOCC(F)(F)F)NCc1ccc(C)cc1OC.I. The largest absolute Gasteiger partial charge is 0.496 e. The first kappa shape index (κ1) is 23.8. The van der Waals surface area contributed by atoms with E-state index in [0.29, 0.717) is 25.5 Å². The minimum absolute atomic E-state index is 0. The predicted octanol–water partition coefficient (Wildman–Crippen LogP) is 3.26. The van der Waals surface area contributed by atoms with Crippen LogP contribution in [0.15, 0.2) is 23.2 Å². The fraction of sp³-hybridized carbons (Fsp3) is 0.562. The Kier molecular flexibility index (Phi) is 11.6. The van der Waals surface area contributed by atoms with Crippen molar-refractivity contribution in [2.75, 3.05) is 33.9 Å². The van der Waals surface area contributed by atoms with Crippen LogP contribution >= 0.6 is 24.0 Å². The third kappa shape index (κ3) is 10.4. The second kappa shape index (κ2) is 12.2.